The molecule has 1 aliphatic heterocycles. The highest BCUT2D eigenvalue weighted by atomic mass is 16.7. The molecule has 0 aliphatic carbocycles. The summed E-state index contributed by atoms with van der Waals surface area (Å²) in [5.74, 6) is 0. The van der Waals surface area contributed by atoms with Crippen molar-refractivity contribution in [2.45, 2.75) is 52.7 Å². The van der Waals surface area contributed by atoms with Crippen LogP contribution in [0.5, 0.6) is 0 Å². The van der Waals surface area contributed by atoms with Crippen LogP contribution < -0.4 is 10.1 Å². The van der Waals surface area contributed by atoms with E-state index in [1.54, 1.807) is 0 Å². The molecule has 0 radical (unpaired) electrons. The summed E-state index contributed by atoms with van der Waals surface area (Å²) in [6, 6.07) is 0. The van der Waals surface area contributed by atoms with E-state index >= 15 is 0 Å². The first-order valence-corrected chi connectivity index (χ1v) is 6.46. The second-order valence-electron chi connectivity index (χ2n) is 6.22. The summed E-state index contributed by atoms with van der Waals surface area (Å²) in [6.07, 6.45) is 0. The van der Waals surface area contributed by atoms with Crippen LogP contribution in [-0.4, -0.2) is 23.0 Å². The fourth-order valence-corrected chi connectivity index (χ4v) is 2.36. The predicted molar refractivity (Wildman–Crippen MR) is 71.8 cm³/mol. The molecule has 0 amide bonds. The molecule has 2 rings (SSSR count). The zero-order chi connectivity index (χ0) is 13.9. The van der Waals surface area contributed by atoms with E-state index in [9.17, 15) is 0 Å². The normalized spacial score (nSPS) is 21.7. The van der Waals surface area contributed by atoms with Crippen LogP contribution in [0, 0.1) is 13.8 Å². The second kappa shape index (κ2) is 3.84. The molecule has 18 heavy (non-hydrogen) atoms. The van der Waals surface area contributed by atoms with Crippen molar-refractivity contribution in [2.75, 3.05) is 0 Å². The van der Waals surface area contributed by atoms with E-state index in [1.165, 1.54) is 11.4 Å². The average Bonchev–Trinajstić information content (AvgIpc) is 2.55. The van der Waals surface area contributed by atoms with Gasteiger partial charge in [-0.2, -0.15) is 4.68 Å². The summed E-state index contributed by atoms with van der Waals surface area (Å²) in [5.41, 5.74) is 2.95. The third-order valence-corrected chi connectivity index (χ3v) is 4.69. The van der Waals surface area contributed by atoms with Gasteiger partial charge in [0.2, 0.25) is 5.69 Å². The lowest BCUT2D eigenvalue weighted by atomic mass is 9.77. The lowest BCUT2D eigenvalue weighted by molar-refractivity contribution is -0.756. The molecule has 0 aromatic carbocycles. The molecular formula is C13H24BN2O2+. The summed E-state index contributed by atoms with van der Waals surface area (Å²) in [7, 11) is 3.83. The van der Waals surface area contributed by atoms with Crippen molar-refractivity contribution < 1.29 is 14.0 Å². The minimum absolute atomic E-state index is 0.276. The molecule has 0 N–H and O–H groups in total. The maximum Gasteiger partial charge on any atom is 0.503 e. The molecule has 0 spiro atoms. The van der Waals surface area contributed by atoms with Gasteiger partial charge in [0.15, 0.2) is 7.05 Å². The van der Waals surface area contributed by atoms with Crippen LogP contribution in [0.1, 0.15) is 39.1 Å². The Bertz CT molecular complexity index is 450. The monoisotopic (exact) mass is 251 g/mol. The van der Waals surface area contributed by atoms with Gasteiger partial charge in [-0.1, -0.05) is 0 Å². The Morgan fingerprint density at radius 2 is 1.50 bits per heavy atom. The standard InChI is InChI=1S/C13H24BN2O2/c1-9-11(10(2)16(8)15(9)7)14-17-12(3,4)13(5,6)18-14/h1-8H3/q+1. The molecule has 100 valence electrons. The van der Waals surface area contributed by atoms with Gasteiger partial charge in [-0.3, -0.25) is 0 Å². The summed E-state index contributed by atoms with van der Waals surface area (Å²) >= 11 is 0. The van der Waals surface area contributed by atoms with Crippen LogP contribution in [0.15, 0.2) is 0 Å². The van der Waals surface area contributed by atoms with Gasteiger partial charge in [-0.25, -0.2) is 0 Å². The zero-order valence-electron chi connectivity index (χ0n) is 12.8. The smallest absolute Gasteiger partial charge is 0.399 e. The zero-order valence-corrected chi connectivity index (χ0v) is 12.8. The number of hydrogen-bond donors (Lipinski definition) is 0. The molecule has 5 heteroatoms. The van der Waals surface area contributed by atoms with Crippen molar-refractivity contribution in [1.29, 1.82) is 0 Å². The van der Waals surface area contributed by atoms with E-state index in [-0.39, 0.29) is 18.3 Å². The van der Waals surface area contributed by atoms with Crippen LogP contribution in [0.4, 0.5) is 0 Å². The number of rotatable bonds is 1. The Hall–Kier alpha value is -0.805. The molecule has 1 aliphatic rings. The van der Waals surface area contributed by atoms with Gasteiger partial charge >= 0.3 is 7.12 Å². The van der Waals surface area contributed by atoms with Crippen LogP contribution in [0.2, 0.25) is 0 Å². The van der Waals surface area contributed by atoms with Crippen molar-refractivity contribution in [3.8, 4) is 0 Å². The van der Waals surface area contributed by atoms with Crippen molar-refractivity contribution in [3.63, 3.8) is 0 Å². The minimum atomic E-state index is -0.287. The molecule has 0 atom stereocenters. The Balaban J connectivity index is 2.45. The first-order chi connectivity index (χ1) is 8.08. The quantitative estimate of drug-likeness (QED) is 0.544. The van der Waals surface area contributed by atoms with Gasteiger partial charge < -0.3 is 9.31 Å². The molecular weight excluding hydrogens is 227 g/mol. The topological polar surface area (TPSA) is 27.3 Å². The molecule has 0 saturated carbocycles. The summed E-state index contributed by atoms with van der Waals surface area (Å²) in [4.78, 5) is 0. The molecule has 4 nitrogen and oxygen atoms in total. The summed E-state index contributed by atoms with van der Waals surface area (Å²) < 4.78 is 16.5. The van der Waals surface area contributed by atoms with Gasteiger partial charge in [0.1, 0.15) is 0 Å². The number of nitrogens with zero attached hydrogens (tertiary/aromatic N) is 2. The van der Waals surface area contributed by atoms with E-state index in [2.05, 4.69) is 65.0 Å². The summed E-state index contributed by atoms with van der Waals surface area (Å²) in [6.45, 7) is 12.5. The Kier molecular flexibility index (Phi) is 2.91. The van der Waals surface area contributed by atoms with Gasteiger partial charge in [0.25, 0.3) is 0 Å². The van der Waals surface area contributed by atoms with Crippen LogP contribution in [0.25, 0.3) is 0 Å². The third kappa shape index (κ3) is 1.72. The SMILES string of the molecule is Cc1c(B2OC(C)(C)C(C)(C)O2)c(C)[n+](C)n1C. The molecule has 1 aromatic rings. The van der Waals surface area contributed by atoms with E-state index in [4.69, 9.17) is 9.31 Å². The van der Waals surface area contributed by atoms with E-state index in [0.29, 0.717) is 0 Å². The van der Waals surface area contributed by atoms with E-state index in [1.807, 2.05) is 0 Å². The minimum Gasteiger partial charge on any atom is -0.399 e. The highest BCUT2D eigenvalue weighted by Crippen LogP contribution is 2.36. The Labute approximate surface area is 110 Å². The Morgan fingerprint density at radius 3 is 1.83 bits per heavy atom. The van der Waals surface area contributed by atoms with Gasteiger partial charge in [0, 0.05) is 6.92 Å². The number of hydrogen-bond acceptors (Lipinski definition) is 2. The number of aromatic nitrogens is 2. The van der Waals surface area contributed by atoms with Crippen molar-refractivity contribution >= 4 is 12.6 Å². The second-order valence-corrected chi connectivity index (χ2v) is 6.22. The van der Waals surface area contributed by atoms with Crippen molar-refractivity contribution in [1.82, 2.24) is 4.68 Å². The van der Waals surface area contributed by atoms with Crippen LogP contribution in [-0.2, 0) is 23.4 Å². The van der Waals surface area contributed by atoms with Crippen molar-refractivity contribution in [3.05, 3.63) is 11.4 Å². The predicted octanol–water partition coefficient (Wildman–Crippen LogP) is 0.766. The molecule has 0 unspecified atom stereocenters. The largest absolute Gasteiger partial charge is 0.503 e. The van der Waals surface area contributed by atoms with Gasteiger partial charge in [-0.15, -0.1) is 4.68 Å². The molecule has 2 heterocycles. The van der Waals surface area contributed by atoms with Gasteiger partial charge in [0.05, 0.1) is 29.4 Å². The Morgan fingerprint density at radius 1 is 1.06 bits per heavy atom. The third-order valence-electron chi connectivity index (χ3n) is 4.69. The highest BCUT2D eigenvalue weighted by molar-refractivity contribution is 6.62. The maximum atomic E-state index is 6.13. The molecule has 1 saturated heterocycles. The lowest BCUT2D eigenvalue weighted by Crippen LogP contribution is -2.43. The molecule has 0 bridgehead atoms. The average molecular weight is 251 g/mol. The highest BCUT2D eigenvalue weighted by Gasteiger charge is 2.54. The van der Waals surface area contributed by atoms with Crippen LogP contribution >= 0.6 is 0 Å². The van der Waals surface area contributed by atoms with Crippen LogP contribution in [0.3, 0.4) is 0 Å². The van der Waals surface area contributed by atoms with Gasteiger partial charge in [-0.05, 0) is 34.6 Å². The molecule has 1 fully saturated rings. The van der Waals surface area contributed by atoms with Crippen molar-refractivity contribution in [2.24, 2.45) is 14.1 Å². The fourth-order valence-electron chi connectivity index (χ4n) is 2.36. The maximum absolute atomic E-state index is 6.13. The molecule has 1 aromatic heterocycles. The van der Waals surface area contributed by atoms with E-state index < -0.39 is 0 Å². The fraction of sp³-hybridized carbons (Fsp3) is 0.769. The summed E-state index contributed by atoms with van der Waals surface area (Å²) in [5, 5.41) is 0. The first kappa shape index (κ1) is 13.6. The first-order valence-electron chi connectivity index (χ1n) is 6.46. The van der Waals surface area contributed by atoms with E-state index in [0.717, 1.165) is 5.46 Å². The lowest BCUT2D eigenvalue weighted by Gasteiger charge is -2.32.